The molecule has 26 heavy (non-hydrogen) atoms. The van der Waals surface area contributed by atoms with E-state index >= 15 is 0 Å². The van der Waals surface area contributed by atoms with Gasteiger partial charge in [0.2, 0.25) is 0 Å². The van der Waals surface area contributed by atoms with Crippen LogP contribution in [0, 0.1) is 6.92 Å². The predicted octanol–water partition coefficient (Wildman–Crippen LogP) is 4.13. The Balaban J connectivity index is 1.89. The van der Waals surface area contributed by atoms with Crippen LogP contribution in [-0.4, -0.2) is 32.8 Å². The molecule has 6 heteroatoms. The molecule has 5 nitrogen and oxygen atoms in total. The third kappa shape index (κ3) is 4.14. The maximum atomic E-state index is 12.8. The van der Waals surface area contributed by atoms with Crippen molar-refractivity contribution in [2.45, 2.75) is 33.2 Å². The van der Waals surface area contributed by atoms with E-state index in [0.29, 0.717) is 12.1 Å². The van der Waals surface area contributed by atoms with Crippen molar-refractivity contribution >= 4 is 17.2 Å². The summed E-state index contributed by atoms with van der Waals surface area (Å²) in [4.78, 5) is 27.7. The number of hydrogen-bond acceptors (Lipinski definition) is 5. The van der Waals surface area contributed by atoms with Crippen LogP contribution in [0.15, 0.2) is 42.0 Å². The molecular formula is C20H22N4OS. The van der Waals surface area contributed by atoms with Crippen molar-refractivity contribution in [2.24, 2.45) is 0 Å². The highest BCUT2D eigenvalue weighted by atomic mass is 32.1. The Morgan fingerprint density at radius 1 is 1.27 bits per heavy atom. The number of rotatable bonds is 6. The molecule has 2 heterocycles. The van der Waals surface area contributed by atoms with Gasteiger partial charge in [0.25, 0.3) is 5.91 Å². The van der Waals surface area contributed by atoms with Crippen LogP contribution in [0.3, 0.4) is 0 Å². The Kier molecular flexibility index (Phi) is 5.73. The minimum atomic E-state index is -0.0233. The average Bonchev–Trinajstić information content (AvgIpc) is 3.16. The second-order valence-electron chi connectivity index (χ2n) is 6.21. The normalized spacial score (nSPS) is 10.7. The van der Waals surface area contributed by atoms with E-state index in [1.165, 1.54) is 0 Å². The van der Waals surface area contributed by atoms with E-state index in [1.54, 1.807) is 29.5 Å². The Labute approximate surface area is 157 Å². The second kappa shape index (κ2) is 8.19. The van der Waals surface area contributed by atoms with Crippen molar-refractivity contribution in [3.63, 3.8) is 0 Å². The molecular weight excluding hydrogens is 344 g/mol. The first-order valence-corrected chi connectivity index (χ1v) is 9.53. The highest BCUT2D eigenvalue weighted by molar-refractivity contribution is 7.09. The summed E-state index contributed by atoms with van der Waals surface area (Å²) in [5.41, 5.74) is 3.63. The maximum Gasteiger partial charge on any atom is 0.253 e. The summed E-state index contributed by atoms with van der Waals surface area (Å²) >= 11 is 1.55. The highest BCUT2D eigenvalue weighted by Gasteiger charge is 2.15. The zero-order chi connectivity index (χ0) is 18.5. The Morgan fingerprint density at radius 3 is 2.85 bits per heavy atom. The lowest BCUT2D eigenvalue weighted by Crippen LogP contribution is -2.26. The van der Waals surface area contributed by atoms with Gasteiger partial charge < -0.3 is 4.90 Å². The van der Waals surface area contributed by atoms with Crippen LogP contribution in [0.2, 0.25) is 0 Å². The Morgan fingerprint density at radius 2 is 2.12 bits per heavy atom. The van der Waals surface area contributed by atoms with Crippen molar-refractivity contribution in [1.82, 2.24) is 19.9 Å². The van der Waals surface area contributed by atoms with Crippen molar-refractivity contribution in [3.05, 3.63) is 64.0 Å². The molecule has 0 N–H and O–H groups in total. The maximum absolute atomic E-state index is 12.8. The fourth-order valence-electron chi connectivity index (χ4n) is 2.82. The monoisotopic (exact) mass is 366 g/mol. The number of hydrogen-bond donors (Lipinski definition) is 0. The van der Waals surface area contributed by atoms with Gasteiger partial charge in [0.1, 0.15) is 10.8 Å². The molecule has 0 fully saturated rings. The fraction of sp³-hybridized carbons (Fsp3) is 0.300. The van der Waals surface area contributed by atoms with Gasteiger partial charge in [-0.3, -0.25) is 4.79 Å². The van der Waals surface area contributed by atoms with Crippen LogP contribution in [0.25, 0.3) is 11.3 Å². The molecule has 0 aliphatic rings. The average molecular weight is 366 g/mol. The van der Waals surface area contributed by atoms with E-state index in [9.17, 15) is 4.79 Å². The number of aromatic nitrogens is 3. The van der Waals surface area contributed by atoms with E-state index in [0.717, 1.165) is 40.5 Å². The minimum Gasteiger partial charge on any atom is -0.335 e. The van der Waals surface area contributed by atoms with Gasteiger partial charge in [0.05, 0.1) is 12.2 Å². The van der Waals surface area contributed by atoms with Crippen molar-refractivity contribution in [3.8, 4) is 11.3 Å². The van der Waals surface area contributed by atoms with Gasteiger partial charge in [-0.1, -0.05) is 25.5 Å². The van der Waals surface area contributed by atoms with Crippen LogP contribution in [0.4, 0.5) is 0 Å². The second-order valence-corrected chi connectivity index (χ2v) is 7.19. The number of nitrogens with zero attached hydrogens (tertiary/aromatic N) is 4. The molecule has 0 radical (unpaired) electrons. The lowest BCUT2D eigenvalue weighted by atomic mass is 10.0. The summed E-state index contributed by atoms with van der Waals surface area (Å²) in [6.45, 7) is 4.53. The predicted molar refractivity (Wildman–Crippen MR) is 104 cm³/mol. The molecule has 2 aromatic heterocycles. The molecule has 3 aromatic rings. The van der Waals surface area contributed by atoms with Gasteiger partial charge in [0.15, 0.2) is 0 Å². The molecule has 1 aromatic carbocycles. The summed E-state index contributed by atoms with van der Waals surface area (Å²) in [6.07, 6.45) is 5.59. The lowest BCUT2D eigenvalue weighted by molar-refractivity contribution is 0.0785. The van der Waals surface area contributed by atoms with E-state index in [2.05, 4.69) is 21.9 Å². The number of thiazole rings is 1. The molecule has 3 rings (SSSR count). The number of amides is 1. The topological polar surface area (TPSA) is 59.0 Å². The summed E-state index contributed by atoms with van der Waals surface area (Å²) in [6, 6.07) is 7.67. The summed E-state index contributed by atoms with van der Waals surface area (Å²) in [5, 5.41) is 2.84. The molecule has 0 aliphatic carbocycles. The standard InChI is InChI=1S/C20H22N4OS/c1-4-6-17-12-22-14(2)23-19(17)15-7-5-8-16(11-15)20(25)24(3)13-18-21-9-10-26-18/h5,7-12H,4,6,13H2,1-3H3. The van der Waals surface area contributed by atoms with Gasteiger partial charge in [-0.15, -0.1) is 11.3 Å². The molecule has 1 amide bonds. The third-order valence-corrected chi connectivity index (χ3v) is 4.85. The van der Waals surface area contributed by atoms with E-state index in [1.807, 2.05) is 42.8 Å². The summed E-state index contributed by atoms with van der Waals surface area (Å²) in [7, 11) is 1.80. The largest absolute Gasteiger partial charge is 0.335 e. The molecule has 134 valence electrons. The molecule has 0 saturated carbocycles. The third-order valence-electron chi connectivity index (χ3n) is 4.09. The molecule has 0 bridgehead atoms. The fourth-order valence-corrected chi connectivity index (χ4v) is 3.49. The quantitative estimate of drug-likeness (QED) is 0.658. The van der Waals surface area contributed by atoms with Crippen LogP contribution in [0.5, 0.6) is 0 Å². The number of carbonyl (C=O) groups is 1. The smallest absolute Gasteiger partial charge is 0.253 e. The SMILES string of the molecule is CCCc1cnc(C)nc1-c1cccc(C(=O)N(C)Cc2nccs2)c1. The van der Waals surface area contributed by atoms with Gasteiger partial charge in [0, 0.05) is 35.9 Å². The Hall–Kier alpha value is -2.60. The van der Waals surface area contributed by atoms with Crippen LogP contribution < -0.4 is 0 Å². The summed E-state index contributed by atoms with van der Waals surface area (Å²) < 4.78 is 0. The van der Waals surface area contributed by atoms with E-state index < -0.39 is 0 Å². The number of aryl methyl sites for hydroxylation is 2. The van der Waals surface area contributed by atoms with Crippen LogP contribution in [-0.2, 0) is 13.0 Å². The van der Waals surface area contributed by atoms with Crippen LogP contribution in [0.1, 0.15) is 40.1 Å². The molecule has 0 unspecified atom stereocenters. The zero-order valence-corrected chi connectivity index (χ0v) is 16.1. The lowest BCUT2D eigenvalue weighted by Gasteiger charge is -2.16. The van der Waals surface area contributed by atoms with E-state index in [4.69, 9.17) is 0 Å². The van der Waals surface area contributed by atoms with Crippen molar-refractivity contribution < 1.29 is 4.79 Å². The number of benzene rings is 1. The van der Waals surface area contributed by atoms with Gasteiger partial charge in [-0.25, -0.2) is 15.0 Å². The minimum absolute atomic E-state index is 0.0233. The van der Waals surface area contributed by atoms with Crippen LogP contribution >= 0.6 is 11.3 Å². The van der Waals surface area contributed by atoms with Gasteiger partial charge >= 0.3 is 0 Å². The van der Waals surface area contributed by atoms with Gasteiger partial charge in [-0.2, -0.15) is 0 Å². The molecule has 0 saturated heterocycles. The number of carbonyl (C=O) groups excluding carboxylic acids is 1. The molecule has 0 atom stereocenters. The first-order chi connectivity index (χ1) is 12.6. The van der Waals surface area contributed by atoms with Crippen molar-refractivity contribution in [2.75, 3.05) is 7.05 Å². The first-order valence-electron chi connectivity index (χ1n) is 8.65. The van der Waals surface area contributed by atoms with E-state index in [-0.39, 0.29) is 5.91 Å². The highest BCUT2D eigenvalue weighted by Crippen LogP contribution is 2.24. The Bertz CT molecular complexity index is 893. The van der Waals surface area contributed by atoms with Gasteiger partial charge in [-0.05, 0) is 31.0 Å². The molecule has 0 spiro atoms. The van der Waals surface area contributed by atoms with Crippen molar-refractivity contribution in [1.29, 1.82) is 0 Å². The molecule has 0 aliphatic heterocycles. The summed E-state index contributed by atoms with van der Waals surface area (Å²) in [5.74, 6) is 0.711. The first kappa shape index (κ1) is 18.2. The zero-order valence-electron chi connectivity index (χ0n) is 15.3.